The molecule has 0 aliphatic carbocycles. The van der Waals surface area contributed by atoms with Crippen LogP contribution < -0.4 is 10.5 Å². The van der Waals surface area contributed by atoms with Crippen molar-refractivity contribution >= 4 is 33.2 Å². The zero-order valence-corrected chi connectivity index (χ0v) is 11.4. The molecule has 0 aliphatic rings. The smallest absolute Gasteiger partial charge is 0.146 e. The second-order valence-corrected chi connectivity index (χ2v) is 4.66. The minimum Gasteiger partial charge on any atom is -0.494 e. The summed E-state index contributed by atoms with van der Waals surface area (Å²) in [6.45, 7) is 0. The highest BCUT2D eigenvalue weighted by molar-refractivity contribution is 9.10. The van der Waals surface area contributed by atoms with Crippen LogP contribution in [0.15, 0.2) is 35.1 Å². The molecule has 2 aromatic rings. The normalized spacial score (nSPS) is 10.3. The van der Waals surface area contributed by atoms with Gasteiger partial charge in [0.25, 0.3) is 0 Å². The lowest BCUT2D eigenvalue weighted by molar-refractivity contribution is 0.416. The maximum atomic E-state index is 6.10. The molecule has 5 heteroatoms. The second-order valence-electron chi connectivity index (χ2n) is 3.40. The maximum Gasteiger partial charge on any atom is 0.146 e. The van der Waals surface area contributed by atoms with Gasteiger partial charge in [-0.3, -0.25) is 4.98 Å². The Hall–Kier alpha value is -1.26. The van der Waals surface area contributed by atoms with Gasteiger partial charge in [-0.1, -0.05) is 27.5 Å². The number of aromatic nitrogens is 1. The quantitative estimate of drug-likeness (QED) is 0.918. The zero-order chi connectivity index (χ0) is 12.4. The lowest BCUT2D eigenvalue weighted by Gasteiger charge is -2.13. The van der Waals surface area contributed by atoms with Crippen molar-refractivity contribution in [1.29, 1.82) is 0 Å². The fourth-order valence-electron chi connectivity index (χ4n) is 1.60. The summed E-state index contributed by atoms with van der Waals surface area (Å²) < 4.78 is 6.18. The van der Waals surface area contributed by atoms with E-state index < -0.39 is 0 Å². The minimum atomic E-state index is 0.536. The highest BCUT2D eigenvalue weighted by Crippen LogP contribution is 2.42. The summed E-state index contributed by atoms with van der Waals surface area (Å²) >= 11 is 9.57. The third-order valence-electron chi connectivity index (χ3n) is 2.39. The topological polar surface area (TPSA) is 48.1 Å². The number of ether oxygens (including phenoxy) is 1. The first-order valence-corrected chi connectivity index (χ1v) is 6.04. The van der Waals surface area contributed by atoms with Crippen LogP contribution >= 0.6 is 27.5 Å². The first-order chi connectivity index (χ1) is 8.15. The van der Waals surface area contributed by atoms with Crippen molar-refractivity contribution < 1.29 is 4.74 Å². The molecule has 0 atom stereocenters. The fourth-order valence-corrected chi connectivity index (χ4v) is 2.36. The number of hydrogen-bond donors (Lipinski definition) is 1. The summed E-state index contributed by atoms with van der Waals surface area (Å²) in [4.78, 5) is 4.07. The molecule has 3 nitrogen and oxygen atoms in total. The van der Waals surface area contributed by atoms with Crippen molar-refractivity contribution in [2.24, 2.45) is 0 Å². The van der Waals surface area contributed by atoms with Gasteiger partial charge >= 0.3 is 0 Å². The first kappa shape index (κ1) is 12.2. The van der Waals surface area contributed by atoms with Crippen LogP contribution in [0.5, 0.6) is 5.75 Å². The van der Waals surface area contributed by atoms with Gasteiger partial charge in [0.1, 0.15) is 5.75 Å². The molecule has 0 spiro atoms. The second kappa shape index (κ2) is 4.94. The van der Waals surface area contributed by atoms with E-state index in [9.17, 15) is 0 Å². The molecule has 1 heterocycles. The van der Waals surface area contributed by atoms with Gasteiger partial charge in [-0.2, -0.15) is 0 Å². The van der Waals surface area contributed by atoms with E-state index in [4.69, 9.17) is 22.1 Å². The predicted molar refractivity (Wildman–Crippen MR) is 73.3 cm³/mol. The maximum absolute atomic E-state index is 6.10. The van der Waals surface area contributed by atoms with Crippen LogP contribution in [0.25, 0.3) is 11.1 Å². The molecule has 0 unspecified atom stereocenters. The van der Waals surface area contributed by atoms with Gasteiger partial charge in [0.15, 0.2) is 0 Å². The SMILES string of the molecule is COc1c(Cl)ccc(Br)c1-c1cnccc1N. The lowest BCUT2D eigenvalue weighted by atomic mass is 10.1. The van der Waals surface area contributed by atoms with Crippen LogP contribution in [0.3, 0.4) is 0 Å². The fraction of sp³-hybridized carbons (Fsp3) is 0.0833. The average molecular weight is 314 g/mol. The average Bonchev–Trinajstić information content (AvgIpc) is 2.33. The number of halogens is 2. The van der Waals surface area contributed by atoms with Crippen molar-refractivity contribution in [2.75, 3.05) is 12.8 Å². The van der Waals surface area contributed by atoms with E-state index in [1.807, 2.05) is 6.07 Å². The van der Waals surface area contributed by atoms with Gasteiger partial charge in [-0.25, -0.2) is 0 Å². The summed E-state index contributed by atoms with van der Waals surface area (Å²) in [5, 5.41) is 0.536. The molecule has 0 amide bonds. The van der Waals surface area contributed by atoms with Gasteiger partial charge in [-0.15, -0.1) is 0 Å². The van der Waals surface area contributed by atoms with Crippen molar-refractivity contribution in [3.63, 3.8) is 0 Å². The van der Waals surface area contributed by atoms with Crippen LogP contribution in [0.4, 0.5) is 5.69 Å². The molecule has 1 aromatic heterocycles. The van der Waals surface area contributed by atoms with Gasteiger partial charge < -0.3 is 10.5 Å². The number of nitrogen functional groups attached to an aromatic ring is 1. The highest BCUT2D eigenvalue weighted by atomic mass is 79.9. The Labute approximate surface area is 113 Å². The van der Waals surface area contributed by atoms with Crippen molar-refractivity contribution in [1.82, 2.24) is 4.98 Å². The van der Waals surface area contributed by atoms with Gasteiger partial charge in [0.2, 0.25) is 0 Å². The molecule has 0 radical (unpaired) electrons. The third kappa shape index (κ3) is 2.23. The Balaban J connectivity index is 2.75. The number of nitrogens with two attached hydrogens (primary N) is 1. The van der Waals surface area contributed by atoms with E-state index in [0.717, 1.165) is 15.6 Å². The Kier molecular flexibility index (Phi) is 3.54. The molecule has 2 rings (SSSR count). The molecule has 88 valence electrons. The molecule has 0 saturated carbocycles. The van der Waals surface area contributed by atoms with E-state index in [1.165, 1.54) is 0 Å². The number of pyridine rings is 1. The van der Waals surface area contributed by atoms with Gasteiger partial charge in [0, 0.05) is 33.7 Å². The summed E-state index contributed by atoms with van der Waals surface area (Å²) in [6, 6.07) is 5.36. The van der Waals surface area contributed by atoms with Crippen LogP contribution in [-0.2, 0) is 0 Å². The number of anilines is 1. The Morgan fingerprint density at radius 2 is 2.12 bits per heavy atom. The molecule has 0 saturated heterocycles. The van der Waals surface area contributed by atoms with E-state index in [0.29, 0.717) is 16.5 Å². The first-order valence-electron chi connectivity index (χ1n) is 4.87. The highest BCUT2D eigenvalue weighted by Gasteiger charge is 2.15. The predicted octanol–water partition coefficient (Wildman–Crippen LogP) is 3.76. The van der Waals surface area contributed by atoms with Crippen molar-refractivity contribution in [2.45, 2.75) is 0 Å². The summed E-state index contributed by atoms with van der Waals surface area (Å²) in [5.41, 5.74) is 8.16. The number of methoxy groups -OCH3 is 1. The molecule has 1 aromatic carbocycles. The van der Waals surface area contributed by atoms with Gasteiger partial charge in [-0.05, 0) is 18.2 Å². The lowest BCUT2D eigenvalue weighted by Crippen LogP contribution is -1.95. The van der Waals surface area contributed by atoms with E-state index in [1.54, 1.807) is 31.6 Å². The third-order valence-corrected chi connectivity index (χ3v) is 3.35. The Morgan fingerprint density at radius 3 is 2.76 bits per heavy atom. The summed E-state index contributed by atoms with van der Waals surface area (Å²) in [5.74, 6) is 0.584. The number of rotatable bonds is 2. The number of hydrogen-bond acceptors (Lipinski definition) is 3. The number of benzene rings is 1. The molecule has 0 bridgehead atoms. The largest absolute Gasteiger partial charge is 0.494 e. The summed E-state index contributed by atoms with van der Waals surface area (Å²) in [6.07, 6.45) is 3.33. The van der Waals surface area contributed by atoms with Crippen LogP contribution in [0.2, 0.25) is 5.02 Å². The van der Waals surface area contributed by atoms with Crippen LogP contribution in [-0.4, -0.2) is 12.1 Å². The van der Waals surface area contributed by atoms with Gasteiger partial charge in [0.05, 0.1) is 12.1 Å². The Morgan fingerprint density at radius 1 is 1.35 bits per heavy atom. The van der Waals surface area contributed by atoms with E-state index in [2.05, 4.69) is 20.9 Å². The molecule has 17 heavy (non-hydrogen) atoms. The molecule has 2 N–H and O–H groups in total. The van der Waals surface area contributed by atoms with E-state index in [-0.39, 0.29) is 0 Å². The minimum absolute atomic E-state index is 0.536. The molecular weight excluding hydrogens is 304 g/mol. The van der Waals surface area contributed by atoms with Crippen molar-refractivity contribution in [3.05, 3.63) is 40.1 Å². The molecule has 0 fully saturated rings. The Bertz CT molecular complexity index is 560. The standard InChI is InChI=1S/C12H10BrClN2O/c1-17-12-9(14)3-2-8(13)11(12)7-6-16-5-4-10(7)15/h2-6H,1H3,(H2,15,16). The van der Waals surface area contributed by atoms with Crippen molar-refractivity contribution in [3.8, 4) is 16.9 Å². The van der Waals surface area contributed by atoms with Crippen LogP contribution in [0.1, 0.15) is 0 Å². The summed E-state index contributed by atoms with van der Waals surface area (Å²) in [7, 11) is 1.57. The monoisotopic (exact) mass is 312 g/mol. The molecular formula is C12H10BrClN2O. The van der Waals surface area contributed by atoms with E-state index >= 15 is 0 Å². The number of nitrogens with zero attached hydrogens (tertiary/aromatic N) is 1. The zero-order valence-electron chi connectivity index (χ0n) is 9.08. The van der Waals surface area contributed by atoms with Crippen LogP contribution in [0, 0.1) is 0 Å². The molecule has 0 aliphatic heterocycles.